The van der Waals surface area contributed by atoms with E-state index < -0.39 is 10.0 Å². The molecule has 1 aromatic carbocycles. The predicted molar refractivity (Wildman–Crippen MR) is 81.9 cm³/mol. The molecule has 1 unspecified atom stereocenters. The van der Waals surface area contributed by atoms with Crippen LogP contribution in [0.2, 0.25) is 0 Å². The molecule has 0 aliphatic carbocycles. The van der Waals surface area contributed by atoms with E-state index in [1.165, 1.54) is 12.1 Å². The Balaban J connectivity index is 2.10. The molecule has 1 N–H and O–H groups in total. The molecule has 1 aliphatic rings. The van der Waals surface area contributed by atoms with Crippen LogP contribution in [-0.2, 0) is 15.8 Å². The smallest absolute Gasteiger partial charge is 0.218 e. The zero-order valence-electron chi connectivity index (χ0n) is 12.4. The topological polar surface area (TPSA) is 49.4 Å². The van der Waals surface area contributed by atoms with Gasteiger partial charge in [-0.25, -0.2) is 12.8 Å². The molecule has 0 amide bonds. The number of rotatable bonds is 6. The van der Waals surface area contributed by atoms with Gasteiger partial charge in [-0.05, 0) is 50.6 Å². The standard InChI is InChI=1S/C15H23FN2O2S/c1-17-10-9-15-4-2-3-11-18(15)21(19,20)12-13-5-7-14(16)8-6-13/h5-8,15,17H,2-4,9-12H2,1H3. The van der Waals surface area contributed by atoms with Gasteiger partial charge in [0.15, 0.2) is 0 Å². The summed E-state index contributed by atoms with van der Waals surface area (Å²) in [4.78, 5) is 0. The lowest BCUT2D eigenvalue weighted by Crippen LogP contribution is -2.45. The summed E-state index contributed by atoms with van der Waals surface area (Å²) in [5.41, 5.74) is 0.634. The number of hydrogen-bond acceptors (Lipinski definition) is 3. The fourth-order valence-electron chi connectivity index (χ4n) is 2.81. The highest BCUT2D eigenvalue weighted by Crippen LogP contribution is 2.24. The van der Waals surface area contributed by atoms with Crippen LogP contribution in [0.1, 0.15) is 31.2 Å². The number of nitrogens with one attached hydrogen (secondary N) is 1. The normalized spacial score (nSPS) is 20.6. The summed E-state index contributed by atoms with van der Waals surface area (Å²) < 4.78 is 39.8. The molecular formula is C15H23FN2O2S. The molecule has 1 atom stereocenters. The zero-order chi connectivity index (χ0) is 15.3. The minimum atomic E-state index is -3.35. The van der Waals surface area contributed by atoms with Gasteiger partial charge in [-0.3, -0.25) is 0 Å². The van der Waals surface area contributed by atoms with E-state index in [1.54, 1.807) is 16.4 Å². The van der Waals surface area contributed by atoms with Crippen LogP contribution in [-0.4, -0.2) is 38.9 Å². The summed E-state index contributed by atoms with van der Waals surface area (Å²) in [6.45, 7) is 1.41. The number of hydrogen-bond donors (Lipinski definition) is 1. The van der Waals surface area contributed by atoms with Crippen molar-refractivity contribution in [1.29, 1.82) is 0 Å². The minimum Gasteiger partial charge on any atom is -0.320 e. The quantitative estimate of drug-likeness (QED) is 0.875. The molecule has 1 heterocycles. The number of sulfonamides is 1. The van der Waals surface area contributed by atoms with E-state index in [1.807, 2.05) is 7.05 Å². The summed E-state index contributed by atoms with van der Waals surface area (Å²) in [6.07, 6.45) is 3.75. The summed E-state index contributed by atoms with van der Waals surface area (Å²) >= 11 is 0. The Hall–Kier alpha value is -0.980. The first-order valence-electron chi connectivity index (χ1n) is 7.41. The van der Waals surface area contributed by atoms with Gasteiger partial charge >= 0.3 is 0 Å². The van der Waals surface area contributed by atoms with Gasteiger partial charge in [0.05, 0.1) is 5.75 Å². The van der Waals surface area contributed by atoms with Crippen molar-refractivity contribution in [2.45, 2.75) is 37.5 Å². The van der Waals surface area contributed by atoms with E-state index in [0.717, 1.165) is 32.2 Å². The minimum absolute atomic E-state index is 0.0522. The Morgan fingerprint density at radius 2 is 2.00 bits per heavy atom. The van der Waals surface area contributed by atoms with Gasteiger partial charge < -0.3 is 5.32 Å². The molecule has 0 saturated carbocycles. The van der Waals surface area contributed by atoms with Crippen LogP contribution in [0.4, 0.5) is 4.39 Å². The van der Waals surface area contributed by atoms with Crippen molar-refractivity contribution < 1.29 is 12.8 Å². The first-order valence-corrected chi connectivity index (χ1v) is 9.02. The van der Waals surface area contributed by atoms with Gasteiger partial charge in [0, 0.05) is 12.6 Å². The van der Waals surface area contributed by atoms with E-state index in [4.69, 9.17) is 0 Å². The number of piperidine rings is 1. The molecule has 1 aliphatic heterocycles. The molecule has 0 bridgehead atoms. The Kier molecular flexibility index (Phi) is 5.72. The van der Waals surface area contributed by atoms with Crippen molar-refractivity contribution in [3.05, 3.63) is 35.6 Å². The maximum atomic E-state index is 12.9. The third kappa shape index (κ3) is 4.49. The Morgan fingerprint density at radius 3 is 2.67 bits per heavy atom. The summed E-state index contributed by atoms with van der Waals surface area (Å²) in [5, 5.41) is 3.08. The molecule has 1 saturated heterocycles. The predicted octanol–water partition coefficient (Wildman–Crippen LogP) is 2.12. The number of benzene rings is 1. The summed E-state index contributed by atoms with van der Waals surface area (Å²) in [6, 6.07) is 5.77. The summed E-state index contributed by atoms with van der Waals surface area (Å²) in [7, 11) is -1.47. The highest BCUT2D eigenvalue weighted by Gasteiger charge is 2.31. The zero-order valence-corrected chi connectivity index (χ0v) is 13.2. The fourth-order valence-corrected chi connectivity index (χ4v) is 4.67. The van der Waals surface area contributed by atoms with E-state index in [2.05, 4.69) is 5.32 Å². The monoisotopic (exact) mass is 314 g/mol. The van der Waals surface area contributed by atoms with Crippen molar-refractivity contribution in [3.8, 4) is 0 Å². The molecule has 1 fully saturated rings. The summed E-state index contributed by atoms with van der Waals surface area (Å²) in [5.74, 6) is -0.399. The Morgan fingerprint density at radius 1 is 1.29 bits per heavy atom. The third-order valence-electron chi connectivity index (χ3n) is 3.92. The van der Waals surface area contributed by atoms with Crippen molar-refractivity contribution in [2.75, 3.05) is 20.1 Å². The van der Waals surface area contributed by atoms with Gasteiger partial charge in [-0.1, -0.05) is 18.6 Å². The molecule has 6 heteroatoms. The van der Waals surface area contributed by atoms with Gasteiger partial charge in [0.1, 0.15) is 5.82 Å². The van der Waals surface area contributed by atoms with Crippen LogP contribution in [0.5, 0.6) is 0 Å². The number of nitrogens with zero attached hydrogens (tertiary/aromatic N) is 1. The van der Waals surface area contributed by atoms with Crippen molar-refractivity contribution in [1.82, 2.24) is 9.62 Å². The molecule has 21 heavy (non-hydrogen) atoms. The molecule has 0 aromatic heterocycles. The average Bonchev–Trinajstić information content (AvgIpc) is 2.47. The van der Waals surface area contributed by atoms with Gasteiger partial charge in [0.25, 0.3) is 0 Å². The second-order valence-corrected chi connectivity index (χ2v) is 7.46. The van der Waals surface area contributed by atoms with Crippen molar-refractivity contribution >= 4 is 10.0 Å². The molecule has 4 nitrogen and oxygen atoms in total. The Bertz CT molecular complexity index is 545. The van der Waals surface area contributed by atoms with E-state index in [-0.39, 0.29) is 17.6 Å². The van der Waals surface area contributed by atoms with E-state index in [9.17, 15) is 12.8 Å². The molecule has 2 rings (SSSR count). The van der Waals surface area contributed by atoms with Crippen LogP contribution in [0.3, 0.4) is 0 Å². The Labute approximate surface area is 126 Å². The van der Waals surface area contributed by atoms with E-state index >= 15 is 0 Å². The van der Waals surface area contributed by atoms with Crippen molar-refractivity contribution in [3.63, 3.8) is 0 Å². The van der Waals surface area contributed by atoms with Crippen LogP contribution < -0.4 is 5.32 Å². The maximum absolute atomic E-state index is 12.9. The molecule has 118 valence electrons. The molecule has 0 spiro atoms. The maximum Gasteiger partial charge on any atom is 0.218 e. The van der Waals surface area contributed by atoms with Gasteiger partial charge in [-0.2, -0.15) is 4.31 Å². The highest BCUT2D eigenvalue weighted by atomic mass is 32.2. The largest absolute Gasteiger partial charge is 0.320 e. The van der Waals surface area contributed by atoms with Crippen molar-refractivity contribution in [2.24, 2.45) is 0 Å². The fraction of sp³-hybridized carbons (Fsp3) is 0.600. The average molecular weight is 314 g/mol. The lowest BCUT2D eigenvalue weighted by molar-refractivity contribution is 0.240. The third-order valence-corrected chi connectivity index (χ3v) is 5.81. The first kappa shape index (κ1) is 16.4. The molecular weight excluding hydrogens is 291 g/mol. The van der Waals surface area contributed by atoms with Crippen LogP contribution >= 0.6 is 0 Å². The van der Waals surface area contributed by atoms with Crippen LogP contribution in [0.15, 0.2) is 24.3 Å². The van der Waals surface area contributed by atoms with E-state index in [0.29, 0.717) is 12.1 Å². The first-order chi connectivity index (χ1) is 10.0. The lowest BCUT2D eigenvalue weighted by Gasteiger charge is -2.34. The second-order valence-electron chi connectivity index (χ2n) is 5.54. The number of halogens is 1. The second kappa shape index (κ2) is 7.33. The van der Waals surface area contributed by atoms with Gasteiger partial charge in [-0.15, -0.1) is 0 Å². The SMILES string of the molecule is CNCCC1CCCCN1S(=O)(=O)Cc1ccc(F)cc1. The van der Waals surface area contributed by atoms with Crippen LogP contribution in [0.25, 0.3) is 0 Å². The lowest BCUT2D eigenvalue weighted by atomic mass is 10.0. The van der Waals surface area contributed by atoms with Gasteiger partial charge in [0.2, 0.25) is 10.0 Å². The van der Waals surface area contributed by atoms with Crippen LogP contribution in [0, 0.1) is 5.82 Å². The highest BCUT2D eigenvalue weighted by molar-refractivity contribution is 7.88. The molecule has 1 aromatic rings. The molecule has 0 radical (unpaired) electrons.